The lowest BCUT2D eigenvalue weighted by Crippen LogP contribution is -2.57. The molecule has 2 aromatic heterocycles. The zero-order valence-electron chi connectivity index (χ0n) is 38.0. The van der Waals surface area contributed by atoms with Crippen molar-refractivity contribution in [2.45, 2.75) is 75.5 Å². The van der Waals surface area contributed by atoms with Gasteiger partial charge in [-0.25, -0.2) is 19.6 Å². The number of fused-ring (bicyclic) bond motifs is 7. The number of nitrogens with zero attached hydrogens (tertiary/aromatic N) is 4. The second kappa shape index (κ2) is 18.0. The minimum atomic E-state index is -0.958. The van der Waals surface area contributed by atoms with Crippen molar-refractivity contribution in [1.82, 2.24) is 40.4 Å². The highest BCUT2D eigenvalue weighted by Crippen LogP contribution is 2.50. The molecule has 5 heterocycles. The van der Waals surface area contributed by atoms with Gasteiger partial charge in [-0.3, -0.25) is 9.59 Å². The number of ether oxygens (including phenoxy) is 5. The smallest absolute Gasteiger partial charge is 0.407 e. The second-order valence-electron chi connectivity index (χ2n) is 18.0. The Morgan fingerprint density at radius 2 is 1.66 bits per heavy atom. The van der Waals surface area contributed by atoms with Crippen LogP contribution in [0.3, 0.4) is 0 Å². The molecule has 4 amide bonds. The van der Waals surface area contributed by atoms with Gasteiger partial charge >= 0.3 is 12.2 Å². The van der Waals surface area contributed by atoms with E-state index in [2.05, 4.69) is 50.9 Å². The number of likely N-dealkylation sites (tertiary alicyclic amines) is 2. The van der Waals surface area contributed by atoms with Crippen molar-refractivity contribution in [3.05, 3.63) is 102 Å². The number of hydrogen-bond acceptors (Lipinski definition) is 11. The van der Waals surface area contributed by atoms with Crippen molar-refractivity contribution < 1.29 is 42.9 Å². The summed E-state index contributed by atoms with van der Waals surface area (Å²) in [6, 6.07) is 21.3. The number of nitrogens with one attached hydrogen (secondary N) is 4. The summed E-state index contributed by atoms with van der Waals surface area (Å²) in [5.74, 6) is 2.03. The first kappa shape index (κ1) is 43.9. The predicted octanol–water partition coefficient (Wildman–Crippen LogP) is 7.11. The molecule has 6 aromatic rings. The van der Waals surface area contributed by atoms with E-state index < -0.39 is 36.4 Å². The van der Waals surface area contributed by atoms with E-state index in [1.54, 1.807) is 18.9 Å². The van der Waals surface area contributed by atoms with E-state index in [1.807, 2.05) is 53.6 Å². The van der Waals surface area contributed by atoms with E-state index in [0.717, 1.165) is 74.8 Å². The van der Waals surface area contributed by atoms with Gasteiger partial charge in [-0.2, -0.15) is 0 Å². The molecule has 8 atom stereocenters. The molecule has 1 saturated carbocycles. The SMILES string of the molecule is COC[C@H]1C[C@@H](c2nc3c(ccc4cc5c(cc43)OCc3cc(-c4cnc(C6CC7CCC7N6C(=O)[C@H](NC(=O)OC)[C@@H](C)OC)[nH]4)ccc3-5)[nH]2)N(C(=O)C(NC(=O)OC)c2ccccc2)C1. The molecular weight excluding hydrogens is 857 g/mol. The van der Waals surface area contributed by atoms with Crippen molar-refractivity contribution >= 4 is 45.8 Å². The first-order chi connectivity index (χ1) is 32.6. The molecule has 17 heteroatoms. The normalized spacial score (nSPS) is 21.9. The Morgan fingerprint density at radius 1 is 0.851 bits per heavy atom. The lowest BCUT2D eigenvalue weighted by Gasteiger charge is -2.39. The maximum absolute atomic E-state index is 14.4. The van der Waals surface area contributed by atoms with Gasteiger partial charge in [0.1, 0.15) is 36.1 Å². The van der Waals surface area contributed by atoms with Crippen molar-refractivity contribution in [3.63, 3.8) is 0 Å². The van der Waals surface area contributed by atoms with Crippen molar-refractivity contribution in [3.8, 4) is 28.1 Å². The van der Waals surface area contributed by atoms with Gasteiger partial charge < -0.3 is 54.1 Å². The molecular formula is C50H54N8O9. The van der Waals surface area contributed by atoms with Crippen LogP contribution in [0.25, 0.3) is 44.2 Å². The fraction of sp³-hybridized carbons (Fsp3) is 0.400. The summed E-state index contributed by atoms with van der Waals surface area (Å²) in [6.45, 7) is 3.01. The van der Waals surface area contributed by atoms with Crippen LogP contribution in [0.2, 0.25) is 0 Å². The van der Waals surface area contributed by atoms with Gasteiger partial charge in [0.05, 0.1) is 61.9 Å². The Hall–Kier alpha value is -6.98. The molecule has 4 aromatic carbocycles. The van der Waals surface area contributed by atoms with Crippen LogP contribution in [0.4, 0.5) is 9.59 Å². The first-order valence-electron chi connectivity index (χ1n) is 22.7. The molecule has 348 valence electrons. The molecule has 67 heavy (non-hydrogen) atoms. The van der Waals surface area contributed by atoms with Crippen LogP contribution in [-0.2, 0) is 35.1 Å². The third kappa shape index (κ3) is 7.99. The van der Waals surface area contributed by atoms with Gasteiger partial charge in [0.2, 0.25) is 5.91 Å². The van der Waals surface area contributed by atoms with E-state index in [-0.39, 0.29) is 29.8 Å². The number of methoxy groups -OCH3 is 4. The lowest BCUT2D eigenvalue weighted by molar-refractivity contribution is -0.141. The molecule has 3 fully saturated rings. The second-order valence-corrected chi connectivity index (χ2v) is 18.0. The Kier molecular flexibility index (Phi) is 11.8. The summed E-state index contributed by atoms with van der Waals surface area (Å²) in [7, 11) is 5.72. The number of carbonyl (C=O) groups excluding carboxylic acids is 4. The van der Waals surface area contributed by atoms with Gasteiger partial charge in [0.25, 0.3) is 5.91 Å². The molecule has 4 aliphatic rings. The lowest BCUT2D eigenvalue weighted by atomic mass is 9.80. The number of carbonyl (C=O) groups is 4. The summed E-state index contributed by atoms with van der Waals surface area (Å²) in [5.41, 5.74) is 7.07. The fourth-order valence-corrected chi connectivity index (χ4v) is 10.6. The molecule has 17 nitrogen and oxygen atoms in total. The van der Waals surface area contributed by atoms with Crippen LogP contribution in [0.1, 0.15) is 73.5 Å². The molecule has 0 spiro atoms. The number of aromatic amines is 2. The van der Waals surface area contributed by atoms with Crippen LogP contribution in [0.5, 0.6) is 5.75 Å². The van der Waals surface area contributed by atoms with Crippen molar-refractivity contribution in [2.24, 2.45) is 11.8 Å². The van der Waals surface area contributed by atoms with E-state index in [1.165, 1.54) is 21.3 Å². The van der Waals surface area contributed by atoms with E-state index in [4.69, 9.17) is 33.7 Å². The van der Waals surface area contributed by atoms with Crippen LogP contribution in [0.15, 0.2) is 79.0 Å². The Balaban J connectivity index is 0.917. The van der Waals surface area contributed by atoms with Crippen molar-refractivity contribution in [2.75, 3.05) is 41.6 Å². The minimum absolute atomic E-state index is 0.0553. The van der Waals surface area contributed by atoms with Gasteiger partial charge in [-0.1, -0.05) is 48.5 Å². The molecule has 3 aliphatic heterocycles. The standard InChI is InChI=1S/C50H54N8O9/c1-26(64-3)42(55-49(61)65-4)48(60)58-38-16-13-31(38)20-40(58)45-51-22-37(53-45)30-11-14-33-32(18-30)25-67-41-21-34-29(19-35(33)41)12-15-36-44(34)54-46(52-36)39-17-27(24-63-2)23-57(39)47(59)43(56-50(62)66-5)28-9-7-6-8-10-28/h6-12,14-15,18-19,21-22,26-27,31,38-40,42-43H,13,16-17,20,23-25H2,1-5H3,(H,51,53)(H,52,54)(H,55,61)(H,56,62)/t26-,27+,31?,38?,39+,40?,42-,43?/m1/s1. The fourth-order valence-electron chi connectivity index (χ4n) is 10.6. The maximum Gasteiger partial charge on any atom is 0.407 e. The predicted molar refractivity (Wildman–Crippen MR) is 247 cm³/mol. The van der Waals surface area contributed by atoms with E-state index in [9.17, 15) is 19.2 Å². The van der Waals surface area contributed by atoms with E-state index >= 15 is 0 Å². The van der Waals surface area contributed by atoms with Crippen LogP contribution >= 0.6 is 0 Å². The molecule has 10 rings (SSSR count). The van der Waals surface area contributed by atoms with Crippen molar-refractivity contribution in [1.29, 1.82) is 0 Å². The van der Waals surface area contributed by atoms with Crippen LogP contribution < -0.4 is 15.4 Å². The molecule has 2 saturated heterocycles. The molecule has 4 unspecified atom stereocenters. The number of imidazole rings is 2. The maximum atomic E-state index is 14.4. The number of benzene rings is 4. The molecule has 0 bridgehead atoms. The Bertz CT molecular complexity index is 2860. The number of alkyl carbamates (subject to hydrolysis) is 2. The zero-order valence-corrected chi connectivity index (χ0v) is 38.0. The monoisotopic (exact) mass is 910 g/mol. The Morgan fingerprint density at radius 3 is 2.40 bits per heavy atom. The topological polar surface area (TPSA) is 202 Å². The van der Waals surface area contributed by atoms with Gasteiger partial charge in [-0.05, 0) is 90.4 Å². The highest BCUT2D eigenvalue weighted by Gasteiger charge is 2.52. The number of hydrogen-bond donors (Lipinski definition) is 4. The first-order valence-corrected chi connectivity index (χ1v) is 22.7. The van der Waals surface area contributed by atoms with Crippen LogP contribution in [-0.4, -0.2) is 114 Å². The average Bonchev–Trinajstić information content (AvgIpc) is 4.16. The van der Waals surface area contributed by atoms with Gasteiger partial charge in [0.15, 0.2) is 0 Å². The van der Waals surface area contributed by atoms with Gasteiger partial charge in [0, 0.05) is 43.7 Å². The summed E-state index contributed by atoms with van der Waals surface area (Å²) < 4.78 is 27.3. The quantitative estimate of drug-likeness (QED) is 0.0975. The summed E-state index contributed by atoms with van der Waals surface area (Å²) in [4.78, 5) is 74.1. The highest BCUT2D eigenvalue weighted by atomic mass is 16.5. The number of amides is 4. The van der Waals surface area contributed by atoms with E-state index in [0.29, 0.717) is 49.3 Å². The number of aromatic nitrogens is 4. The third-order valence-electron chi connectivity index (χ3n) is 14.2. The van der Waals surface area contributed by atoms with Crippen LogP contribution in [0, 0.1) is 11.8 Å². The molecule has 4 N–H and O–H groups in total. The summed E-state index contributed by atoms with van der Waals surface area (Å²) >= 11 is 0. The summed E-state index contributed by atoms with van der Waals surface area (Å²) in [5, 5.41) is 7.34. The number of H-pyrrole nitrogens is 2. The number of rotatable bonds is 12. The largest absolute Gasteiger partial charge is 0.488 e. The minimum Gasteiger partial charge on any atom is -0.488 e. The molecule has 1 aliphatic carbocycles. The molecule has 0 radical (unpaired) electrons. The average molecular weight is 911 g/mol. The zero-order chi connectivity index (χ0) is 46.5. The van der Waals surface area contributed by atoms with Gasteiger partial charge in [-0.15, -0.1) is 0 Å². The highest BCUT2D eigenvalue weighted by molar-refractivity contribution is 6.07. The Labute approximate surface area is 386 Å². The third-order valence-corrected chi connectivity index (χ3v) is 14.2. The summed E-state index contributed by atoms with van der Waals surface area (Å²) in [6.07, 6.45) is 3.19.